The molecule has 0 saturated heterocycles. The maximum atomic E-state index is 10.1. The smallest absolute Gasteiger partial charge is 0.188 e. The van der Waals surface area contributed by atoms with Crippen molar-refractivity contribution < 1.29 is 0 Å². The third kappa shape index (κ3) is 4.45. The van der Waals surface area contributed by atoms with Crippen LogP contribution in [0.1, 0.15) is 5.56 Å². The lowest BCUT2D eigenvalue weighted by atomic mass is 10.00. The Morgan fingerprint density at radius 2 is 0.982 bits per heavy atom. The average Bonchev–Trinajstić information content (AvgIpc) is 3.89. The highest BCUT2D eigenvalue weighted by atomic mass is 15.0. The standard InChI is InChI=1S/C50H29N5/c1-52-34-24-28-47-41(30-34)38-13-4-6-15-42(38)53(47)35-25-22-33(23-26-35)40-29-32(31-51)21-27-46(40)55-45-18-9-5-14-39(45)50-48(19-10-20-49(50)55)54-43-16-7-2-11-36(43)37-12-3-8-17-44(37)54/h2-30H. The Kier molecular flexibility index (Phi) is 6.61. The van der Waals surface area contributed by atoms with Crippen LogP contribution >= 0.6 is 0 Å². The van der Waals surface area contributed by atoms with Gasteiger partial charge >= 0.3 is 0 Å². The summed E-state index contributed by atoms with van der Waals surface area (Å²) in [4.78, 5) is 3.69. The number of nitrogens with zero attached hydrogens (tertiary/aromatic N) is 5. The van der Waals surface area contributed by atoms with Gasteiger partial charge in [-0.15, -0.1) is 0 Å². The highest BCUT2D eigenvalue weighted by Gasteiger charge is 2.21. The lowest BCUT2D eigenvalue weighted by Gasteiger charge is -2.16. The van der Waals surface area contributed by atoms with E-state index >= 15 is 0 Å². The maximum absolute atomic E-state index is 10.1. The van der Waals surface area contributed by atoms with Crippen LogP contribution in [0.4, 0.5) is 5.69 Å². The molecule has 254 valence electrons. The van der Waals surface area contributed by atoms with Gasteiger partial charge in [0.15, 0.2) is 5.69 Å². The van der Waals surface area contributed by atoms with Crippen molar-refractivity contribution in [1.29, 1.82) is 5.26 Å². The molecule has 0 fully saturated rings. The first-order valence-corrected chi connectivity index (χ1v) is 18.3. The lowest BCUT2D eigenvalue weighted by Crippen LogP contribution is -1.99. The van der Waals surface area contributed by atoms with E-state index in [2.05, 4.69) is 164 Å². The van der Waals surface area contributed by atoms with Crippen molar-refractivity contribution in [3.05, 3.63) is 193 Å². The van der Waals surface area contributed by atoms with Gasteiger partial charge in [0.2, 0.25) is 0 Å². The van der Waals surface area contributed by atoms with Gasteiger partial charge in [0.25, 0.3) is 0 Å². The number of nitriles is 1. The summed E-state index contributed by atoms with van der Waals surface area (Å²) in [5, 5.41) is 17.1. The number of hydrogen-bond acceptors (Lipinski definition) is 1. The Hall–Kier alpha value is -7.86. The van der Waals surface area contributed by atoms with Gasteiger partial charge in [-0.05, 0) is 89.8 Å². The highest BCUT2D eigenvalue weighted by molar-refractivity contribution is 6.17. The summed E-state index contributed by atoms with van der Waals surface area (Å²) in [5.74, 6) is 0. The molecule has 0 aliphatic carbocycles. The normalized spacial score (nSPS) is 11.6. The molecule has 3 heterocycles. The number of aromatic nitrogens is 3. The summed E-state index contributed by atoms with van der Waals surface area (Å²) in [6.45, 7) is 7.59. The Labute approximate surface area is 316 Å². The van der Waals surface area contributed by atoms with E-state index in [1.165, 1.54) is 27.2 Å². The molecular weight excluding hydrogens is 671 g/mol. The van der Waals surface area contributed by atoms with Crippen molar-refractivity contribution in [3.8, 4) is 34.3 Å². The molecule has 55 heavy (non-hydrogen) atoms. The summed E-state index contributed by atoms with van der Waals surface area (Å²) < 4.78 is 7.02. The van der Waals surface area contributed by atoms with Gasteiger partial charge in [-0.1, -0.05) is 97.1 Å². The summed E-state index contributed by atoms with van der Waals surface area (Å²) in [5.41, 5.74) is 13.0. The molecule has 0 radical (unpaired) electrons. The van der Waals surface area contributed by atoms with Gasteiger partial charge < -0.3 is 13.7 Å². The third-order valence-corrected chi connectivity index (χ3v) is 11.1. The van der Waals surface area contributed by atoms with E-state index in [0.29, 0.717) is 11.3 Å². The van der Waals surface area contributed by atoms with Crippen molar-refractivity contribution in [2.24, 2.45) is 0 Å². The number of fused-ring (bicyclic) bond motifs is 9. The van der Waals surface area contributed by atoms with E-state index in [-0.39, 0.29) is 0 Å². The molecule has 11 aromatic rings. The van der Waals surface area contributed by atoms with Crippen molar-refractivity contribution in [3.63, 3.8) is 0 Å². The molecule has 0 atom stereocenters. The zero-order valence-corrected chi connectivity index (χ0v) is 29.5. The van der Waals surface area contributed by atoms with E-state index in [9.17, 15) is 5.26 Å². The van der Waals surface area contributed by atoms with Crippen LogP contribution in [0.15, 0.2) is 176 Å². The van der Waals surface area contributed by atoms with Crippen molar-refractivity contribution in [2.45, 2.75) is 0 Å². The van der Waals surface area contributed by atoms with Gasteiger partial charge in [-0.3, -0.25) is 0 Å². The predicted octanol–water partition coefficient (Wildman–Crippen LogP) is 13.1. The quantitative estimate of drug-likeness (QED) is 0.169. The fourth-order valence-corrected chi connectivity index (χ4v) is 8.76. The van der Waals surface area contributed by atoms with Crippen LogP contribution in [0, 0.1) is 17.9 Å². The molecule has 0 N–H and O–H groups in total. The first kappa shape index (κ1) is 30.7. The fraction of sp³-hybridized carbons (Fsp3) is 0. The molecule has 0 aliphatic heterocycles. The first-order chi connectivity index (χ1) is 27.2. The minimum atomic E-state index is 0.604. The molecule has 0 bridgehead atoms. The number of hydrogen-bond donors (Lipinski definition) is 0. The van der Waals surface area contributed by atoms with Crippen molar-refractivity contribution >= 4 is 71.1 Å². The molecule has 8 aromatic carbocycles. The molecule has 0 spiro atoms. The van der Waals surface area contributed by atoms with Crippen LogP contribution in [0.5, 0.6) is 0 Å². The van der Waals surface area contributed by atoms with Gasteiger partial charge in [0.1, 0.15) is 0 Å². The fourth-order valence-electron chi connectivity index (χ4n) is 8.76. The van der Waals surface area contributed by atoms with E-state index < -0.39 is 0 Å². The van der Waals surface area contributed by atoms with Crippen molar-refractivity contribution in [1.82, 2.24) is 13.7 Å². The molecule has 5 nitrogen and oxygen atoms in total. The highest BCUT2D eigenvalue weighted by Crippen LogP contribution is 2.42. The molecule has 11 rings (SSSR count). The van der Waals surface area contributed by atoms with Gasteiger partial charge in [0, 0.05) is 38.2 Å². The number of para-hydroxylation sites is 4. The minimum Gasteiger partial charge on any atom is -0.309 e. The zero-order valence-electron chi connectivity index (χ0n) is 29.5. The van der Waals surface area contributed by atoms with E-state index in [4.69, 9.17) is 6.57 Å². The maximum Gasteiger partial charge on any atom is 0.188 e. The minimum absolute atomic E-state index is 0.604. The molecule has 3 aromatic heterocycles. The molecule has 0 amide bonds. The lowest BCUT2D eigenvalue weighted by molar-refractivity contribution is 1.16. The van der Waals surface area contributed by atoms with E-state index in [1.807, 2.05) is 36.4 Å². The van der Waals surface area contributed by atoms with Gasteiger partial charge in [-0.2, -0.15) is 5.26 Å². The number of rotatable bonds is 4. The van der Waals surface area contributed by atoms with Crippen LogP contribution in [-0.4, -0.2) is 13.7 Å². The Morgan fingerprint density at radius 3 is 1.64 bits per heavy atom. The zero-order chi connectivity index (χ0) is 36.6. The predicted molar refractivity (Wildman–Crippen MR) is 226 cm³/mol. The summed E-state index contributed by atoms with van der Waals surface area (Å²) in [6.07, 6.45) is 0. The second-order valence-electron chi connectivity index (χ2n) is 13.9. The summed E-state index contributed by atoms with van der Waals surface area (Å²) >= 11 is 0. The Balaban J connectivity index is 1.14. The molecule has 0 saturated carbocycles. The third-order valence-electron chi connectivity index (χ3n) is 11.1. The van der Waals surface area contributed by atoms with Gasteiger partial charge in [-0.25, -0.2) is 4.85 Å². The van der Waals surface area contributed by atoms with Crippen LogP contribution < -0.4 is 0 Å². The second kappa shape index (κ2) is 11.8. The molecule has 5 heteroatoms. The summed E-state index contributed by atoms with van der Waals surface area (Å²) in [7, 11) is 0. The Bertz CT molecular complexity index is 3400. The SMILES string of the molecule is [C-]#[N+]c1ccc2c(c1)c1ccccc1n2-c1ccc(-c2cc(C#N)ccc2-n2c3ccccc3c3c(-n4c5ccccc5c5ccccc54)cccc32)cc1. The first-order valence-electron chi connectivity index (χ1n) is 18.3. The van der Waals surface area contributed by atoms with E-state index in [1.54, 1.807) is 0 Å². The van der Waals surface area contributed by atoms with Gasteiger partial charge in [0.05, 0.1) is 62.7 Å². The largest absolute Gasteiger partial charge is 0.309 e. The van der Waals surface area contributed by atoms with Crippen LogP contribution in [0.3, 0.4) is 0 Å². The molecule has 0 aliphatic rings. The van der Waals surface area contributed by atoms with E-state index in [0.717, 1.165) is 66.4 Å². The monoisotopic (exact) mass is 699 g/mol. The number of benzene rings is 8. The molecular formula is C50H29N5. The van der Waals surface area contributed by atoms with Crippen LogP contribution in [0.25, 0.3) is 98.5 Å². The van der Waals surface area contributed by atoms with Crippen LogP contribution in [0.2, 0.25) is 0 Å². The summed E-state index contributed by atoms with van der Waals surface area (Å²) in [6, 6.07) is 63.8. The van der Waals surface area contributed by atoms with Crippen LogP contribution in [-0.2, 0) is 0 Å². The Morgan fingerprint density at radius 1 is 0.436 bits per heavy atom. The topological polar surface area (TPSA) is 42.9 Å². The van der Waals surface area contributed by atoms with Crippen molar-refractivity contribution in [2.75, 3.05) is 0 Å². The second-order valence-corrected chi connectivity index (χ2v) is 13.9. The average molecular weight is 700 g/mol. The molecule has 0 unspecified atom stereocenters.